The number of nitrogens with one attached hydrogen (secondary N) is 1. The van der Waals surface area contributed by atoms with E-state index in [1.54, 1.807) is 0 Å². The Morgan fingerprint density at radius 2 is 2.09 bits per heavy atom. The highest BCUT2D eigenvalue weighted by Gasteiger charge is 2.03. The number of hydrogen-bond acceptors (Lipinski definition) is 4. The maximum Gasteiger partial charge on any atom is 0.0921 e. The van der Waals surface area contributed by atoms with Crippen LogP contribution in [0.15, 0.2) is 0 Å². The highest BCUT2D eigenvalue weighted by Crippen LogP contribution is 1.90. The third kappa shape index (κ3) is 7.74. The summed E-state index contributed by atoms with van der Waals surface area (Å²) in [5, 5.41) is 9.16. The summed E-state index contributed by atoms with van der Waals surface area (Å²) in [7, 11) is 1.51. The zero-order valence-electron chi connectivity index (χ0n) is 7.33. The molecule has 11 heavy (non-hydrogen) atoms. The number of hydrogen-bond donors (Lipinski definition) is 2. The zero-order valence-corrected chi connectivity index (χ0v) is 7.33. The average molecular weight is 163 g/mol. The van der Waals surface area contributed by atoms with Gasteiger partial charge in [-0.2, -0.15) is 0 Å². The van der Waals surface area contributed by atoms with Crippen LogP contribution in [-0.2, 0) is 9.57 Å². The molecule has 0 aliphatic rings. The van der Waals surface area contributed by atoms with Gasteiger partial charge in [0.2, 0.25) is 0 Å². The molecule has 0 aromatic carbocycles. The van der Waals surface area contributed by atoms with Gasteiger partial charge in [-0.05, 0) is 13.8 Å². The number of hydroxylamine groups is 1. The zero-order chi connectivity index (χ0) is 8.69. The molecule has 4 heteroatoms. The van der Waals surface area contributed by atoms with Gasteiger partial charge >= 0.3 is 0 Å². The molecule has 0 amide bonds. The molecule has 0 rings (SSSR count). The lowest BCUT2D eigenvalue weighted by Gasteiger charge is -2.12. The Morgan fingerprint density at radius 1 is 1.45 bits per heavy atom. The highest BCUT2D eigenvalue weighted by molar-refractivity contribution is 4.54. The maximum atomic E-state index is 9.16. The molecule has 0 aliphatic carbocycles. The van der Waals surface area contributed by atoms with Gasteiger partial charge in [-0.15, -0.1) is 0 Å². The first-order chi connectivity index (χ1) is 5.16. The van der Waals surface area contributed by atoms with E-state index in [2.05, 4.69) is 10.3 Å². The van der Waals surface area contributed by atoms with Gasteiger partial charge in [-0.3, -0.25) is 0 Å². The topological polar surface area (TPSA) is 50.7 Å². The molecule has 1 unspecified atom stereocenters. The third-order valence-corrected chi connectivity index (χ3v) is 1.09. The third-order valence-electron chi connectivity index (χ3n) is 1.09. The SMILES string of the molecule is CONCC(O)COC(C)C. The van der Waals surface area contributed by atoms with E-state index >= 15 is 0 Å². The molecule has 0 saturated heterocycles. The van der Waals surface area contributed by atoms with Crippen LogP contribution in [0, 0.1) is 0 Å². The second-order valence-corrected chi connectivity index (χ2v) is 2.59. The van der Waals surface area contributed by atoms with Crippen molar-refractivity contribution in [3.05, 3.63) is 0 Å². The molecule has 0 spiro atoms. The van der Waals surface area contributed by atoms with Crippen molar-refractivity contribution >= 4 is 0 Å². The van der Waals surface area contributed by atoms with Crippen LogP contribution in [0.5, 0.6) is 0 Å². The quantitative estimate of drug-likeness (QED) is 0.538. The van der Waals surface area contributed by atoms with Crippen molar-refractivity contribution in [2.24, 2.45) is 0 Å². The van der Waals surface area contributed by atoms with Crippen molar-refractivity contribution in [1.29, 1.82) is 0 Å². The normalized spacial score (nSPS) is 13.9. The van der Waals surface area contributed by atoms with Gasteiger partial charge in [-0.25, -0.2) is 5.48 Å². The van der Waals surface area contributed by atoms with Crippen molar-refractivity contribution in [2.75, 3.05) is 20.3 Å². The van der Waals surface area contributed by atoms with E-state index in [1.807, 2.05) is 13.8 Å². The number of ether oxygens (including phenoxy) is 1. The summed E-state index contributed by atoms with van der Waals surface area (Å²) in [6.07, 6.45) is -0.343. The number of aliphatic hydroxyl groups excluding tert-OH is 1. The summed E-state index contributed by atoms with van der Waals surface area (Å²) in [6.45, 7) is 4.59. The van der Waals surface area contributed by atoms with E-state index in [9.17, 15) is 0 Å². The summed E-state index contributed by atoms with van der Waals surface area (Å²) < 4.78 is 5.16. The Labute approximate surface area is 67.5 Å². The van der Waals surface area contributed by atoms with Crippen molar-refractivity contribution in [1.82, 2.24) is 5.48 Å². The van der Waals surface area contributed by atoms with Gasteiger partial charge in [0, 0.05) is 6.54 Å². The minimum atomic E-state index is -0.502. The summed E-state index contributed by atoms with van der Waals surface area (Å²) in [4.78, 5) is 4.55. The van der Waals surface area contributed by atoms with Crippen molar-refractivity contribution in [3.63, 3.8) is 0 Å². The van der Waals surface area contributed by atoms with Crippen molar-refractivity contribution < 1.29 is 14.7 Å². The van der Waals surface area contributed by atoms with Gasteiger partial charge in [0.25, 0.3) is 0 Å². The van der Waals surface area contributed by atoms with Crippen LogP contribution < -0.4 is 5.48 Å². The molecule has 0 heterocycles. The van der Waals surface area contributed by atoms with E-state index < -0.39 is 6.10 Å². The van der Waals surface area contributed by atoms with Crippen LogP contribution in [-0.4, -0.2) is 37.6 Å². The van der Waals surface area contributed by atoms with Crippen LogP contribution in [0.1, 0.15) is 13.8 Å². The molecule has 0 aromatic rings. The molecule has 4 nitrogen and oxygen atoms in total. The lowest BCUT2D eigenvalue weighted by atomic mass is 10.4. The van der Waals surface area contributed by atoms with Crippen molar-refractivity contribution in [3.8, 4) is 0 Å². The molecule has 0 bridgehead atoms. The summed E-state index contributed by atoms with van der Waals surface area (Å²) >= 11 is 0. The molecular weight excluding hydrogens is 146 g/mol. The predicted octanol–water partition coefficient (Wildman–Crippen LogP) is -0.0767. The Morgan fingerprint density at radius 3 is 2.55 bits per heavy atom. The van der Waals surface area contributed by atoms with Gasteiger partial charge in [0.1, 0.15) is 0 Å². The molecule has 0 fully saturated rings. The van der Waals surface area contributed by atoms with Crippen LogP contribution in [0.4, 0.5) is 0 Å². The first kappa shape index (κ1) is 10.8. The van der Waals surface area contributed by atoms with Crippen molar-refractivity contribution in [2.45, 2.75) is 26.1 Å². The van der Waals surface area contributed by atoms with E-state index in [4.69, 9.17) is 9.84 Å². The van der Waals surface area contributed by atoms with Gasteiger partial charge < -0.3 is 14.7 Å². The minimum Gasteiger partial charge on any atom is -0.389 e. The second kappa shape index (κ2) is 6.54. The fraction of sp³-hybridized carbons (Fsp3) is 1.00. The van der Waals surface area contributed by atoms with Gasteiger partial charge in [0.05, 0.1) is 25.9 Å². The average Bonchev–Trinajstić information content (AvgIpc) is 1.97. The minimum absolute atomic E-state index is 0.159. The number of aliphatic hydroxyl groups is 1. The van der Waals surface area contributed by atoms with Gasteiger partial charge in [-0.1, -0.05) is 0 Å². The van der Waals surface area contributed by atoms with E-state index in [1.165, 1.54) is 7.11 Å². The van der Waals surface area contributed by atoms with Crippen LogP contribution in [0.25, 0.3) is 0 Å². The maximum absolute atomic E-state index is 9.16. The Kier molecular flexibility index (Phi) is 6.45. The largest absolute Gasteiger partial charge is 0.389 e. The molecule has 68 valence electrons. The fourth-order valence-electron chi connectivity index (χ4n) is 0.542. The Bertz CT molecular complexity index is 87.8. The van der Waals surface area contributed by atoms with Crippen LogP contribution in [0.2, 0.25) is 0 Å². The smallest absolute Gasteiger partial charge is 0.0921 e. The summed E-state index contributed by atoms with van der Waals surface area (Å²) in [5.41, 5.74) is 2.54. The lowest BCUT2D eigenvalue weighted by Crippen LogP contribution is -2.30. The summed E-state index contributed by atoms with van der Waals surface area (Å²) in [5.74, 6) is 0. The fourth-order valence-corrected chi connectivity index (χ4v) is 0.542. The second-order valence-electron chi connectivity index (χ2n) is 2.59. The first-order valence-electron chi connectivity index (χ1n) is 3.72. The monoisotopic (exact) mass is 163 g/mol. The van der Waals surface area contributed by atoms with E-state index in [0.717, 1.165) is 0 Å². The van der Waals surface area contributed by atoms with Crippen LogP contribution in [0.3, 0.4) is 0 Å². The highest BCUT2D eigenvalue weighted by atomic mass is 16.6. The Hall–Kier alpha value is -0.160. The Balaban J connectivity index is 3.15. The molecule has 1 atom stereocenters. The summed E-state index contributed by atoms with van der Waals surface area (Å²) in [6, 6.07) is 0. The first-order valence-corrected chi connectivity index (χ1v) is 3.72. The van der Waals surface area contributed by atoms with Gasteiger partial charge in [0.15, 0.2) is 0 Å². The molecule has 2 N–H and O–H groups in total. The van der Waals surface area contributed by atoms with Crippen LogP contribution >= 0.6 is 0 Å². The number of rotatable bonds is 6. The standard InChI is InChI=1S/C7H17NO3/c1-6(2)11-5-7(9)4-8-10-3/h6-9H,4-5H2,1-3H3. The molecule has 0 saturated carbocycles. The molecule has 0 aromatic heterocycles. The lowest BCUT2D eigenvalue weighted by molar-refractivity contribution is -0.0167. The van der Waals surface area contributed by atoms with E-state index in [-0.39, 0.29) is 6.10 Å². The predicted molar refractivity (Wildman–Crippen MR) is 42.1 cm³/mol. The molecular formula is C7H17NO3. The molecule has 0 radical (unpaired) electrons. The molecule has 0 aliphatic heterocycles. The van der Waals surface area contributed by atoms with E-state index in [0.29, 0.717) is 13.2 Å².